The molecule has 1 amide bonds. The first-order chi connectivity index (χ1) is 17.0. The van der Waals surface area contributed by atoms with E-state index in [-0.39, 0.29) is 5.91 Å². The smallest absolute Gasteiger partial charge is 0.243 e. The van der Waals surface area contributed by atoms with Crippen LogP contribution in [0, 0.1) is 0 Å². The van der Waals surface area contributed by atoms with Gasteiger partial charge in [0.1, 0.15) is 5.75 Å². The molecule has 0 saturated carbocycles. The summed E-state index contributed by atoms with van der Waals surface area (Å²) in [5.74, 6) is 0.996. The number of carbonyl (C=O) groups is 1. The van der Waals surface area contributed by atoms with Crippen molar-refractivity contribution in [2.24, 2.45) is 0 Å². The first kappa shape index (κ1) is 25.5. The summed E-state index contributed by atoms with van der Waals surface area (Å²) in [4.78, 5) is 17.5. The number of ether oxygens (including phenoxy) is 1. The zero-order valence-corrected chi connectivity index (χ0v) is 21.5. The fraction of sp³-hybridized carbons (Fsp3) is 0.519. The number of carbonyl (C=O) groups excluding carboxylic acids is 1. The van der Waals surface area contributed by atoms with Gasteiger partial charge in [-0.05, 0) is 67.6 Å². The predicted molar refractivity (Wildman–Crippen MR) is 138 cm³/mol. The van der Waals surface area contributed by atoms with E-state index in [0.717, 1.165) is 68.7 Å². The van der Waals surface area contributed by atoms with Crippen molar-refractivity contribution in [2.45, 2.75) is 49.8 Å². The quantitative estimate of drug-likeness (QED) is 0.577. The number of nitrogens with zero attached hydrogens (tertiary/aromatic N) is 3. The summed E-state index contributed by atoms with van der Waals surface area (Å²) in [7, 11) is -1.78. The van der Waals surface area contributed by atoms with Crippen LogP contribution in [0.25, 0.3) is 0 Å². The average molecular weight is 500 g/mol. The molecule has 2 aromatic carbocycles. The molecule has 0 unspecified atom stereocenters. The zero-order valence-electron chi connectivity index (χ0n) is 20.7. The molecule has 0 N–H and O–H groups in total. The van der Waals surface area contributed by atoms with Gasteiger partial charge in [-0.1, -0.05) is 25.0 Å². The van der Waals surface area contributed by atoms with Gasteiger partial charge in [0.2, 0.25) is 15.9 Å². The second-order valence-corrected chi connectivity index (χ2v) is 11.3. The topological polar surface area (TPSA) is 70.2 Å². The van der Waals surface area contributed by atoms with Crippen LogP contribution < -0.4 is 9.64 Å². The molecule has 2 saturated heterocycles. The lowest BCUT2D eigenvalue weighted by Gasteiger charge is -2.24. The third kappa shape index (κ3) is 6.55. The molecule has 4 rings (SSSR count). The fourth-order valence-electron chi connectivity index (χ4n) is 4.89. The number of benzene rings is 2. The predicted octanol–water partition coefficient (Wildman–Crippen LogP) is 3.93. The molecule has 35 heavy (non-hydrogen) atoms. The number of sulfonamides is 1. The van der Waals surface area contributed by atoms with Gasteiger partial charge in [-0.15, -0.1) is 0 Å². The number of amides is 1. The highest BCUT2D eigenvalue weighted by Crippen LogP contribution is 2.22. The number of anilines is 1. The summed E-state index contributed by atoms with van der Waals surface area (Å²) in [6.45, 7) is 4.40. The largest absolute Gasteiger partial charge is 0.497 e. The number of aryl methyl sites for hydroxylation is 1. The van der Waals surface area contributed by atoms with Crippen LogP contribution in [0.3, 0.4) is 0 Å². The van der Waals surface area contributed by atoms with Crippen LogP contribution in [0.15, 0.2) is 53.4 Å². The van der Waals surface area contributed by atoms with Gasteiger partial charge in [0, 0.05) is 51.4 Å². The average Bonchev–Trinajstić information content (AvgIpc) is 3.32. The van der Waals surface area contributed by atoms with Crippen LogP contribution in [-0.2, 0) is 21.2 Å². The van der Waals surface area contributed by atoms with Crippen molar-refractivity contribution in [3.05, 3.63) is 54.1 Å². The molecule has 0 aliphatic carbocycles. The van der Waals surface area contributed by atoms with Crippen LogP contribution >= 0.6 is 0 Å². The van der Waals surface area contributed by atoms with Gasteiger partial charge in [0.15, 0.2) is 0 Å². The minimum atomic E-state index is -3.44. The molecule has 0 spiro atoms. The molecule has 2 aliphatic heterocycles. The van der Waals surface area contributed by atoms with Gasteiger partial charge in [-0.3, -0.25) is 4.79 Å². The van der Waals surface area contributed by atoms with Gasteiger partial charge in [0.05, 0.1) is 12.0 Å². The van der Waals surface area contributed by atoms with Crippen molar-refractivity contribution >= 4 is 21.6 Å². The Morgan fingerprint density at radius 3 is 2.14 bits per heavy atom. The molecule has 0 atom stereocenters. The van der Waals surface area contributed by atoms with E-state index in [4.69, 9.17) is 4.74 Å². The van der Waals surface area contributed by atoms with Crippen molar-refractivity contribution in [1.82, 2.24) is 9.21 Å². The summed E-state index contributed by atoms with van der Waals surface area (Å²) < 4.78 is 32.8. The SMILES string of the molecule is COc1ccc(N2CCCN(C(=O)CCc3ccc(S(=O)(=O)N4CCCCCC4)cc3)CC2)cc1. The monoisotopic (exact) mass is 499 g/mol. The highest BCUT2D eigenvalue weighted by molar-refractivity contribution is 7.89. The Morgan fingerprint density at radius 1 is 0.800 bits per heavy atom. The Bertz CT molecular complexity index is 1060. The van der Waals surface area contributed by atoms with E-state index in [1.54, 1.807) is 23.5 Å². The molecule has 2 aromatic rings. The summed E-state index contributed by atoms with van der Waals surface area (Å²) in [6.07, 6.45) is 6.01. The van der Waals surface area contributed by atoms with Crippen LogP contribution in [0.1, 0.15) is 44.1 Å². The van der Waals surface area contributed by atoms with E-state index in [1.165, 1.54) is 0 Å². The van der Waals surface area contributed by atoms with Gasteiger partial charge >= 0.3 is 0 Å². The third-order valence-corrected chi connectivity index (χ3v) is 8.95. The van der Waals surface area contributed by atoms with Gasteiger partial charge in [-0.25, -0.2) is 8.42 Å². The maximum Gasteiger partial charge on any atom is 0.243 e. The first-order valence-corrected chi connectivity index (χ1v) is 14.2. The molecular formula is C27H37N3O4S. The zero-order chi connectivity index (χ0) is 24.7. The van der Waals surface area contributed by atoms with Crippen molar-refractivity contribution in [3.8, 4) is 5.75 Å². The van der Waals surface area contributed by atoms with E-state index in [1.807, 2.05) is 29.2 Å². The highest BCUT2D eigenvalue weighted by Gasteiger charge is 2.25. The Balaban J connectivity index is 1.28. The van der Waals surface area contributed by atoms with Gasteiger partial charge in [0.25, 0.3) is 0 Å². The number of rotatable bonds is 7. The van der Waals surface area contributed by atoms with E-state index >= 15 is 0 Å². The molecule has 2 aliphatic rings. The maximum absolute atomic E-state index is 13.0. The summed E-state index contributed by atoms with van der Waals surface area (Å²) in [6, 6.07) is 15.1. The second-order valence-electron chi connectivity index (χ2n) is 9.38. The fourth-order valence-corrected chi connectivity index (χ4v) is 6.40. The lowest BCUT2D eigenvalue weighted by molar-refractivity contribution is -0.130. The molecule has 2 heterocycles. The molecule has 0 radical (unpaired) electrons. The Labute approximate surface area is 209 Å². The molecule has 8 heteroatoms. The Morgan fingerprint density at radius 2 is 1.49 bits per heavy atom. The normalized spacial score (nSPS) is 18.1. The van der Waals surface area contributed by atoms with Crippen LogP contribution in [0.5, 0.6) is 5.75 Å². The van der Waals surface area contributed by atoms with Crippen LogP contribution in [-0.4, -0.2) is 69.9 Å². The van der Waals surface area contributed by atoms with Crippen molar-refractivity contribution < 1.29 is 17.9 Å². The Hall–Kier alpha value is -2.58. The number of methoxy groups -OCH3 is 1. The van der Waals surface area contributed by atoms with Crippen LogP contribution in [0.4, 0.5) is 5.69 Å². The second kappa shape index (κ2) is 11.9. The van der Waals surface area contributed by atoms with Crippen molar-refractivity contribution in [3.63, 3.8) is 0 Å². The van der Waals surface area contributed by atoms with Crippen molar-refractivity contribution in [2.75, 3.05) is 51.3 Å². The molecule has 190 valence electrons. The van der Waals surface area contributed by atoms with Crippen molar-refractivity contribution in [1.29, 1.82) is 0 Å². The van der Waals surface area contributed by atoms with E-state index < -0.39 is 10.0 Å². The number of hydrogen-bond acceptors (Lipinski definition) is 5. The Kier molecular flexibility index (Phi) is 8.68. The molecule has 7 nitrogen and oxygen atoms in total. The van der Waals surface area contributed by atoms with E-state index in [0.29, 0.717) is 37.4 Å². The lowest BCUT2D eigenvalue weighted by atomic mass is 10.1. The summed E-state index contributed by atoms with van der Waals surface area (Å²) in [5, 5.41) is 0. The molecule has 0 aromatic heterocycles. The van der Waals surface area contributed by atoms with Gasteiger partial charge < -0.3 is 14.5 Å². The first-order valence-electron chi connectivity index (χ1n) is 12.7. The standard InChI is InChI=1S/C27H37N3O4S/c1-34-25-12-10-24(11-13-25)28-17-6-18-29(22-21-28)27(31)16-9-23-7-14-26(15-8-23)35(32,33)30-19-4-2-3-5-20-30/h7-8,10-15H,2-6,9,16-22H2,1H3. The molecular weight excluding hydrogens is 462 g/mol. The number of hydrogen-bond donors (Lipinski definition) is 0. The van der Waals surface area contributed by atoms with Crippen LogP contribution in [0.2, 0.25) is 0 Å². The third-order valence-electron chi connectivity index (χ3n) is 7.04. The minimum Gasteiger partial charge on any atom is -0.497 e. The van der Waals surface area contributed by atoms with E-state index in [2.05, 4.69) is 17.0 Å². The van der Waals surface area contributed by atoms with Gasteiger partial charge in [-0.2, -0.15) is 4.31 Å². The minimum absolute atomic E-state index is 0.155. The van der Waals surface area contributed by atoms with E-state index in [9.17, 15) is 13.2 Å². The maximum atomic E-state index is 13.0. The molecule has 2 fully saturated rings. The highest BCUT2D eigenvalue weighted by atomic mass is 32.2. The summed E-state index contributed by atoms with van der Waals surface area (Å²) in [5.41, 5.74) is 2.14. The lowest BCUT2D eigenvalue weighted by Crippen LogP contribution is -2.35. The molecule has 0 bridgehead atoms. The summed E-state index contributed by atoms with van der Waals surface area (Å²) >= 11 is 0.